The summed E-state index contributed by atoms with van der Waals surface area (Å²) >= 11 is 0. The average molecular weight is 218 g/mol. The first-order chi connectivity index (χ1) is 6.57. The fourth-order valence-electron chi connectivity index (χ4n) is 1.32. The Hall–Kier alpha value is -0.990. The molecule has 1 aliphatic heterocycles. The summed E-state index contributed by atoms with van der Waals surface area (Å²) in [5.74, 6) is 0.423. The van der Waals surface area contributed by atoms with Gasteiger partial charge in [-0.2, -0.15) is 4.98 Å². The predicted molar refractivity (Wildman–Crippen MR) is 45.7 cm³/mol. The SMILES string of the molecule is NS(=O)(=O)c1n[nH]c(C2CCCO2)n1. The largest absolute Gasteiger partial charge is 0.370 e. The van der Waals surface area contributed by atoms with E-state index in [2.05, 4.69) is 15.2 Å². The third-order valence-corrected chi connectivity index (χ3v) is 2.66. The number of sulfonamides is 1. The zero-order valence-electron chi connectivity index (χ0n) is 7.30. The topological polar surface area (TPSA) is 111 Å². The number of ether oxygens (including phenoxy) is 1. The van der Waals surface area contributed by atoms with Crippen molar-refractivity contribution in [1.82, 2.24) is 15.2 Å². The lowest BCUT2D eigenvalue weighted by atomic mass is 10.2. The second-order valence-electron chi connectivity index (χ2n) is 3.05. The second kappa shape index (κ2) is 3.30. The maximum absolute atomic E-state index is 10.9. The standard InChI is InChI=1S/C6H10N4O3S/c7-14(11,12)6-8-5(9-10-6)4-2-1-3-13-4/h4H,1-3H2,(H2,7,11,12)(H,8,9,10). The maximum Gasteiger partial charge on any atom is 0.282 e. The summed E-state index contributed by atoms with van der Waals surface area (Å²) in [4.78, 5) is 3.76. The molecule has 1 aromatic rings. The zero-order chi connectivity index (χ0) is 10.2. The van der Waals surface area contributed by atoms with Gasteiger partial charge in [0.15, 0.2) is 5.82 Å². The Morgan fingerprint density at radius 3 is 2.86 bits per heavy atom. The number of aromatic amines is 1. The molecule has 1 saturated heterocycles. The molecule has 1 fully saturated rings. The molecule has 2 rings (SSSR count). The van der Waals surface area contributed by atoms with Crippen molar-refractivity contribution in [3.05, 3.63) is 5.82 Å². The van der Waals surface area contributed by atoms with E-state index in [0.29, 0.717) is 12.4 Å². The third kappa shape index (κ3) is 1.76. The van der Waals surface area contributed by atoms with E-state index in [1.165, 1.54) is 0 Å². The van der Waals surface area contributed by atoms with E-state index in [-0.39, 0.29) is 11.3 Å². The molecule has 1 aliphatic rings. The molecular formula is C6H10N4O3S. The number of nitrogens with one attached hydrogen (secondary N) is 1. The summed E-state index contributed by atoms with van der Waals surface area (Å²) in [7, 11) is -3.82. The van der Waals surface area contributed by atoms with E-state index < -0.39 is 10.0 Å². The number of rotatable bonds is 2. The van der Waals surface area contributed by atoms with Gasteiger partial charge in [0, 0.05) is 6.61 Å². The van der Waals surface area contributed by atoms with Gasteiger partial charge in [-0.1, -0.05) is 0 Å². The molecule has 0 amide bonds. The third-order valence-electron chi connectivity index (χ3n) is 1.97. The van der Waals surface area contributed by atoms with Crippen molar-refractivity contribution in [2.45, 2.75) is 24.1 Å². The lowest BCUT2D eigenvalue weighted by molar-refractivity contribution is 0.105. The van der Waals surface area contributed by atoms with Crippen LogP contribution in [0.2, 0.25) is 0 Å². The Morgan fingerprint density at radius 2 is 2.36 bits per heavy atom. The summed E-state index contributed by atoms with van der Waals surface area (Å²) in [6.07, 6.45) is 1.58. The van der Waals surface area contributed by atoms with Crippen LogP contribution < -0.4 is 5.14 Å². The van der Waals surface area contributed by atoms with Crippen LogP contribution in [0.1, 0.15) is 24.8 Å². The predicted octanol–water partition coefficient (Wildman–Crippen LogP) is -0.696. The molecule has 1 aromatic heterocycles. The number of hydrogen-bond donors (Lipinski definition) is 2. The van der Waals surface area contributed by atoms with Crippen molar-refractivity contribution in [3.8, 4) is 0 Å². The van der Waals surface area contributed by atoms with Gasteiger partial charge in [0.2, 0.25) is 0 Å². The first kappa shape index (κ1) is 9.56. The van der Waals surface area contributed by atoms with Crippen LogP contribution >= 0.6 is 0 Å². The normalized spacial score (nSPS) is 22.8. The van der Waals surface area contributed by atoms with Gasteiger partial charge in [0.1, 0.15) is 6.10 Å². The first-order valence-electron chi connectivity index (χ1n) is 4.14. The maximum atomic E-state index is 10.9. The molecule has 14 heavy (non-hydrogen) atoms. The fraction of sp³-hybridized carbons (Fsp3) is 0.667. The minimum Gasteiger partial charge on any atom is -0.370 e. The van der Waals surface area contributed by atoms with Crippen LogP contribution in [0.4, 0.5) is 0 Å². The van der Waals surface area contributed by atoms with Gasteiger partial charge in [-0.15, -0.1) is 5.10 Å². The lowest BCUT2D eigenvalue weighted by Gasteiger charge is -2.02. The second-order valence-corrected chi connectivity index (χ2v) is 4.51. The smallest absolute Gasteiger partial charge is 0.282 e. The van der Waals surface area contributed by atoms with Crippen LogP contribution in [-0.4, -0.2) is 30.2 Å². The van der Waals surface area contributed by atoms with Gasteiger partial charge in [-0.3, -0.25) is 5.10 Å². The van der Waals surface area contributed by atoms with E-state index in [4.69, 9.17) is 9.88 Å². The molecule has 0 saturated carbocycles. The summed E-state index contributed by atoms with van der Waals surface area (Å²) in [5.41, 5.74) is 0. The van der Waals surface area contributed by atoms with Crippen LogP contribution in [-0.2, 0) is 14.8 Å². The van der Waals surface area contributed by atoms with Crippen LogP contribution in [0.5, 0.6) is 0 Å². The quantitative estimate of drug-likeness (QED) is 0.682. The van der Waals surface area contributed by atoms with Crippen molar-refractivity contribution in [2.24, 2.45) is 5.14 Å². The Balaban J connectivity index is 2.25. The molecule has 0 aliphatic carbocycles. The highest BCUT2D eigenvalue weighted by atomic mass is 32.2. The van der Waals surface area contributed by atoms with E-state index in [9.17, 15) is 8.42 Å². The molecule has 0 radical (unpaired) electrons. The summed E-state index contributed by atoms with van der Waals surface area (Å²) in [6, 6.07) is 0. The minimum absolute atomic E-state index is 0.182. The van der Waals surface area contributed by atoms with Crippen molar-refractivity contribution in [1.29, 1.82) is 0 Å². The van der Waals surface area contributed by atoms with E-state index in [0.717, 1.165) is 12.8 Å². The van der Waals surface area contributed by atoms with E-state index >= 15 is 0 Å². The summed E-state index contributed by atoms with van der Waals surface area (Å²) in [6.45, 7) is 0.663. The Labute approximate surface area is 80.7 Å². The molecular weight excluding hydrogens is 208 g/mol. The molecule has 8 heteroatoms. The monoisotopic (exact) mass is 218 g/mol. The number of nitrogens with zero attached hydrogens (tertiary/aromatic N) is 2. The highest BCUT2D eigenvalue weighted by Crippen LogP contribution is 2.25. The van der Waals surface area contributed by atoms with Gasteiger partial charge in [0.25, 0.3) is 15.2 Å². The van der Waals surface area contributed by atoms with Gasteiger partial charge >= 0.3 is 0 Å². The number of nitrogens with two attached hydrogens (primary N) is 1. The van der Waals surface area contributed by atoms with Crippen molar-refractivity contribution in [3.63, 3.8) is 0 Å². The van der Waals surface area contributed by atoms with Gasteiger partial charge < -0.3 is 4.74 Å². The van der Waals surface area contributed by atoms with Crippen molar-refractivity contribution < 1.29 is 13.2 Å². The minimum atomic E-state index is -3.82. The molecule has 1 atom stereocenters. The lowest BCUT2D eigenvalue weighted by Crippen LogP contribution is -2.14. The van der Waals surface area contributed by atoms with Gasteiger partial charge in [-0.05, 0) is 12.8 Å². The number of aromatic nitrogens is 3. The zero-order valence-corrected chi connectivity index (χ0v) is 8.12. The number of hydrogen-bond acceptors (Lipinski definition) is 5. The van der Waals surface area contributed by atoms with Crippen LogP contribution in [0, 0.1) is 0 Å². The molecule has 0 bridgehead atoms. The fourth-order valence-corrected chi connectivity index (χ4v) is 1.72. The highest BCUT2D eigenvalue weighted by molar-refractivity contribution is 7.89. The highest BCUT2D eigenvalue weighted by Gasteiger charge is 2.23. The molecule has 1 unspecified atom stereocenters. The summed E-state index contributed by atoms with van der Waals surface area (Å²) < 4.78 is 27.0. The van der Waals surface area contributed by atoms with E-state index in [1.54, 1.807) is 0 Å². The van der Waals surface area contributed by atoms with Crippen molar-refractivity contribution >= 4 is 10.0 Å². The van der Waals surface area contributed by atoms with Crippen LogP contribution in [0.15, 0.2) is 5.16 Å². The molecule has 78 valence electrons. The molecule has 7 nitrogen and oxygen atoms in total. The molecule has 3 N–H and O–H groups in total. The van der Waals surface area contributed by atoms with Crippen LogP contribution in [0.3, 0.4) is 0 Å². The Morgan fingerprint density at radius 1 is 1.57 bits per heavy atom. The van der Waals surface area contributed by atoms with Crippen LogP contribution in [0.25, 0.3) is 0 Å². The average Bonchev–Trinajstić information content (AvgIpc) is 2.73. The molecule has 0 aromatic carbocycles. The van der Waals surface area contributed by atoms with Crippen molar-refractivity contribution in [2.75, 3.05) is 6.61 Å². The van der Waals surface area contributed by atoms with E-state index in [1.807, 2.05) is 0 Å². The first-order valence-corrected chi connectivity index (χ1v) is 5.69. The van der Waals surface area contributed by atoms with Gasteiger partial charge in [-0.25, -0.2) is 13.6 Å². The van der Waals surface area contributed by atoms with Gasteiger partial charge in [0.05, 0.1) is 0 Å². The summed E-state index contributed by atoms with van der Waals surface area (Å²) in [5, 5.41) is 10.5. The number of H-pyrrole nitrogens is 1. The number of primary sulfonamides is 1. The Bertz CT molecular complexity index is 420. The molecule has 2 heterocycles. The Kier molecular flexibility index (Phi) is 2.25. The molecule has 0 spiro atoms.